The van der Waals surface area contributed by atoms with Gasteiger partial charge in [-0.05, 0) is 56.4 Å². The number of carbonyl (C=O) groups excluding carboxylic acids is 1. The van der Waals surface area contributed by atoms with Crippen LogP contribution in [0.2, 0.25) is 0 Å². The highest BCUT2D eigenvalue weighted by molar-refractivity contribution is 5.95. The molecule has 166 valence electrons. The molecule has 1 aliphatic heterocycles. The van der Waals surface area contributed by atoms with Gasteiger partial charge in [0.25, 0.3) is 5.91 Å². The summed E-state index contributed by atoms with van der Waals surface area (Å²) in [7, 11) is 1.62. The highest BCUT2D eigenvalue weighted by Gasteiger charge is 2.42. The number of halogens is 3. The Hall–Kier alpha value is -2.97. The first-order chi connectivity index (χ1) is 14.7. The molecule has 1 fully saturated rings. The van der Waals surface area contributed by atoms with E-state index in [2.05, 4.69) is 10.1 Å². The van der Waals surface area contributed by atoms with E-state index < -0.39 is 23.8 Å². The predicted molar refractivity (Wildman–Crippen MR) is 110 cm³/mol. The second kappa shape index (κ2) is 7.94. The van der Waals surface area contributed by atoms with Crippen molar-refractivity contribution >= 4 is 16.8 Å². The Labute approximate surface area is 178 Å². The second-order valence-electron chi connectivity index (χ2n) is 8.16. The number of ether oxygens (including phenoxy) is 1. The van der Waals surface area contributed by atoms with Crippen molar-refractivity contribution in [2.75, 3.05) is 20.2 Å². The number of nitrogens with one attached hydrogen (secondary N) is 1. The van der Waals surface area contributed by atoms with Gasteiger partial charge >= 0.3 is 6.18 Å². The van der Waals surface area contributed by atoms with Crippen LogP contribution in [0.4, 0.5) is 13.2 Å². The van der Waals surface area contributed by atoms with Crippen LogP contribution >= 0.6 is 0 Å². The summed E-state index contributed by atoms with van der Waals surface area (Å²) < 4.78 is 47.1. The molecule has 31 heavy (non-hydrogen) atoms. The molecule has 1 N–H and O–H groups in total. The van der Waals surface area contributed by atoms with Crippen molar-refractivity contribution in [1.82, 2.24) is 19.7 Å². The molecule has 0 radical (unpaired) electrons. The number of likely N-dealkylation sites (tertiary alicyclic amines) is 1. The standard InChI is InChI=1S/C22H25F3N4O2/c1-13(2)29-20(22(23,24)25)18(12-27-29)21(30)28-8-6-14(7-9-28)17-11-26-19-5-4-15(31-3)10-16(17)19/h4-5,10-14,26H,6-9H2,1-3H3. The van der Waals surface area contributed by atoms with E-state index in [1.807, 2.05) is 24.4 Å². The molecule has 0 unspecified atom stereocenters. The Morgan fingerprint density at radius 3 is 2.58 bits per heavy atom. The number of alkyl halides is 3. The Balaban J connectivity index is 1.53. The minimum absolute atomic E-state index is 0.213. The van der Waals surface area contributed by atoms with Crippen molar-refractivity contribution in [2.24, 2.45) is 0 Å². The van der Waals surface area contributed by atoms with Crippen LogP contribution in [0.5, 0.6) is 5.75 Å². The molecule has 1 aliphatic rings. The summed E-state index contributed by atoms with van der Waals surface area (Å²) in [5.41, 5.74) is 0.796. The van der Waals surface area contributed by atoms with Crippen molar-refractivity contribution in [3.05, 3.63) is 47.4 Å². The number of nitrogens with zero attached hydrogens (tertiary/aromatic N) is 3. The number of carbonyl (C=O) groups is 1. The molecule has 9 heteroatoms. The van der Waals surface area contributed by atoms with E-state index >= 15 is 0 Å². The molecule has 1 saturated heterocycles. The number of amides is 1. The minimum Gasteiger partial charge on any atom is -0.497 e. The van der Waals surface area contributed by atoms with Gasteiger partial charge < -0.3 is 14.6 Å². The van der Waals surface area contributed by atoms with Crippen LogP contribution in [0.15, 0.2) is 30.6 Å². The fourth-order valence-electron chi connectivity index (χ4n) is 4.34. The average molecular weight is 434 g/mol. The van der Waals surface area contributed by atoms with E-state index in [4.69, 9.17) is 4.74 Å². The maximum Gasteiger partial charge on any atom is 0.433 e. The van der Waals surface area contributed by atoms with E-state index in [1.54, 1.807) is 21.0 Å². The number of hydrogen-bond donors (Lipinski definition) is 1. The first-order valence-corrected chi connectivity index (χ1v) is 10.3. The van der Waals surface area contributed by atoms with Gasteiger partial charge in [0.1, 0.15) is 5.75 Å². The summed E-state index contributed by atoms with van der Waals surface area (Å²) in [4.78, 5) is 17.7. The van der Waals surface area contributed by atoms with Gasteiger partial charge in [-0.25, -0.2) is 0 Å². The Morgan fingerprint density at radius 2 is 1.97 bits per heavy atom. The van der Waals surface area contributed by atoms with E-state index in [-0.39, 0.29) is 11.5 Å². The molecule has 1 amide bonds. The lowest BCUT2D eigenvalue weighted by Crippen LogP contribution is -2.38. The predicted octanol–water partition coefficient (Wildman–Crippen LogP) is 4.99. The van der Waals surface area contributed by atoms with Crippen LogP contribution < -0.4 is 4.74 Å². The molecule has 2 aromatic heterocycles. The van der Waals surface area contributed by atoms with E-state index in [9.17, 15) is 18.0 Å². The lowest BCUT2D eigenvalue weighted by Gasteiger charge is -2.32. The summed E-state index contributed by atoms with van der Waals surface area (Å²) in [5, 5.41) is 4.91. The molecule has 0 bridgehead atoms. The van der Waals surface area contributed by atoms with Crippen LogP contribution in [0, 0.1) is 0 Å². The van der Waals surface area contributed by atoms with Crippen LogP contribution in [0.25, 0.3) is 10.9 Å². The van der Waals surface area contributed by atoms with Crippen LogP contribution in [0.3, 0.4) is 0 Å². The number of aromatic nitrogens is 3. The zero-order chi connectivity index (χ0) is 22.3. The van der Waals surface area contributed by atoms with Crippen molar-refractivity contribution in [1.29, 1.82) is 0 Å². The third-order valence-electron chi connectivity index (χ3n) is 5.93. The third-order valence-corrected chi connectivity index (χ3v) is 5.93. The van der Waals surface area contributed by atoms with Crippen molar-refractivity contribution in [2.45, 2.75) is 44.8 Å². The monoisotopic (exact) mass is 434 g/mol. The SMILES string of the molecule is COc1ccc2[nH]cc(C3CCN(C(=O)c4cnn(C(C)C)c4C(F)(F)F)CC3)c2c1. The summed E-state index contributed by atoms with van der Waals surface area (Å²) in [5.74, 6) is 0.367. The topological polar surface area (TPSA) is 63.1 Å². The Bertz CT molecular complexity index is 1090. The summed E-state index contributed by atoms with van der Waals surface area (Å²) in [6.07, 6.45) is -0.276. The summed E-state index contributed by atoms with van der Waals surface area (Å²) >= 11 is 0. The molecule has 4 rings (SSSR count). The van der Waals surface area contributed by atoms with Gasteiger partial charge in [-0.1, -0.05) is 0 Å². The van der Waals surface area contributed by atoms with E-state index in [0.29, 0.717) is 25.9 Å². The number of methoxy groups -OCH3 is 1. The van der Waals surface area contributed by atoms with Gasteiger partial charge in [-0.2, -0.15) is 18.3 Å². The van der Waals surface area contributed by atoms with E-state index in [1.165, 1.54) is 4.90 Å². The highest BCUT2D eigenvalue weighted by Crippen LogP contribution is 2.37. The van der Waals surface area contributed by atoms with Crippen molar-refractivity contribution in [3.63, 3.8) is 0 Å². The highest BCUT2D eigenvalue weighted by atomic mass is 19.4. The Morgan fingerprint density at radius 1 is 1.26 bits per heavy atom. The van der Waals surface area contributed by atoms with Gasteiger partial charge in [-0.15, -0.1) is 0 Å². The normalized spacial score (nSPS) is 15.8. The smallest absolute Gasteiger partial charge is 0.433 e. The fourth-order valence-corrected chi connectivity index (χ4v) is 4.34. The fraction of sp³-hybridized carbons (Fsp3) is 0.455. The molecule has 1 aromatic carbocycles. The molecule has 0 spiro atoms. The molecular formula is C22H25F3N4O2. The number of H-pyrrole nitrogens is 1. The van der Waals surface area contributed by atoms with Crippen LogP contribution in [0.1, 0.15) is 60.3 Å². The summed E-state index contributed by atoms with van der Waals surface area (Å²) in [6, 6.07) is 5.33. The number of piperidine rings is 1. The van der Waals surface area contributed by atoms with Gasteiger partial charge in [0, 0.05) is 36.2 Å². The van der Waals surface area contributed by atoms with Crippen LogP contribution in [-0.2, 0) is 6.18 Å². The number of aromatic amines is 1. The molecule has 3 heterocycles. The number of hydrogen-bond acceptors (Lipinski definition) is 3. The quantitative estimate of drug-likeness (QED) is 0.629. The maximum atomic E-state index is 13.6. The Kier molecular flexibility index (Phi) is 5.45. The molecule has 0 atom stereocenters. The zero-order valence-electron chi connectivity index (χ0n) is 17.7. The molecule has 3 aromatic rings. The number of benzene rings is 1. The van der Waals surface area contributed by atoms with Gasteiger partial charge in [0.2, 0.25) is 0 Å². The van der Waals surface area contributed by atoms with Gasteiger partial charge in [-0.3, -0.25) is 9.48 Å². The summed E-state index contributed by atoms with van der Waals surface area (Å²) in [6.45, 7) is 4.00. The minimum atomic E-state index is -4.65. The molecule has 6 nitrogen and oxygen atoms in total. The molecular weight excluding hydrogens is 409 g/mol. The van der Waals surface area contributed by atoms with E-state index in [0.717, 1.165) is 33.1 Å². The average Bonchev–Trinajstić information content (AvgIpc) is 3.37. The largest absolute Gasteiger partial charge is 0.497 e. The first-order valence-electron chi connectivity index (χ1n) is 10.3. The zero-order valence-corrected chi connectivity index (χ0v) is 17.7. The number of fused-ring (bicyclic) bond motifs is 1. The van der Waals surface area contributed by atoms with Crippen molar-refractivity contribution < 1.29 is 22.7 Å². The second-order valence-corrected chi connectivity index (χ2v) is 8.16. The number of rotatable bonds is 4. The molecule has 0 aliphatic carbocycles. The lowest BCUT2D eigenvalue weighted by molar-refractivity contribution is -0.145. The first kappa shape index (κ1) is 21.3. The van der Waals surface area contributed by atoms with Gasteiger partial charge in [0.15, 0.2) is 5.69 Å². The van der Waals surface area contributed by atoms with Crippen LogP contribution in [-0.4, -0.2) is 45.8 Å². The maximum absolute atomic E-state index is 13.6. The lowest BCUT2D eigenvalue weighted by atomic mass is 9.89. The van der Waals surface area contributed by atoms with Crippen molar-refractivity contribution in [3.8, 4) is 5.75 Å². The molecule has 0 saturated carbocycles. The van der Waals surface area contributed by atoms with Gasteiger partial charge in [0.05, 0.1) is 18.9 Å². The third kappa shape index (κ3) is 3.88.